The molecule has 0 aliphatic carbocycles. The molecule has 10 aromatic carbocycles. The van der Waals surface area contributed by atoms with Gasteiger partial charge in [0.15, 0.2) is 11.6 Å². The number of benzene rings is 10. The molecule has 5 aromatic heterocycles. The minimum atomic E-state index is -4.87. The van der Waals surface area contributed by atoms with Crippen LogP contribution in [-0.4, -0.2) is 58.6 Å². The van der Waals surface area contributed by atoms with Crippen molar-refractivity contribution in [2.75, 3.05) is 5.75 Å². The molecule has 0 fully saturated rings. The van der Waals surface area contributed by atoms with E-state index < -0.39 is 17.7 Å². The standard InChI is InChI=1S/C20H13FN.2C19H12N.C14H9N2.C9H7F3O2S.C5H8O2.4Ir/c1-13-12-20(22-19-11-3-2-6-14(13)19)17-9-4-8-16-15(17)7-5-10-18(16)21;1-3-9-16-14(6-1)8-5-10-17(16)19-13-12-15-7-2-4-11-18(15)20-19;1-2-7-16-13-17(10-9-14(16)5-1)19-12-11-15-6-3-4-8-18(15)20-19;1-2-6-12-11(5-1)8-9-14(16-12)13-7-3-4-10-15-13;10-9(11,12)8(14)5-6(13)7-3-1-2-4-15-7;1-4(6)3-5(2)7;;;;/h2-8,10-12H,1H3;2*1-9,11-13H;1-6,8-10H;1-3,5,14H,4H2;3,6H,1-2H3;;;;/q4*-1;;;;;;. The van der Waals surface area contributed by atoms with Gasteiger partial charge in [-0.05, 0) is 114 Å². The fourth-order valence-electron chi connectivity index (χ4n) is 10.8. The third-order valence-electron chi connectivity index (χ3n) is 15.5. The summed E-state index contributed by atoms with van der Waals surface area (Å²) in [5, 5.41) is 27.8. The van der Waals surface area contributed by atoms with Crippen LogP contribution in [0.3, 0.4) is 0 Å². The number of alkyl halides is 3. The number of nitrogens with zero attached hydrogens (tertiary/aromatic N) is 5. The summed E-state index contributed by atoms with van der Waals surface area (Å²) < 4.78 is 49.6. The maximum atomic E-state index is 14.0. The monoisotopic (exact) mass is 2110 g/mol. The van der Waals surface area contributed by atoms with Gasteiger partial charge >= 0.3 is 6.18 Å². The molecule has 104 heavy (non-hydrogen) atoms. The number of halogens is 4. The molecular weight excluding hydrogens is 2040 g/mol. The topological polar surface area (TPSA) is 139 Å². The van der Waals surface area contributed by atoms with Crippen LogP contribution in [-0.2, 0) is 90.0 Å². The number of aryl methyl sites for hydroxylation is 1. The molecule has 0 unspecified atom stereocenters. The number of aliphatic hydroxyl groups is 2. The van der Waals surface area contributed by atoms with E-state index in [9.17, 15) is 27.2 Å². The molecule has 0 bridgehead atoms. The van der Waals surface area contributed by atoms with Crippen LogP contribution >= 0.6 is 11.8 Å². The fraction of sp³-hybridized carbons (Fsp3) is 0.0581. The maximum absolute atomic E-state index is 14.0. The molecule has 4 radical (unpaired) electrons. The number of fused-ring (bicyclic) bond motifs is 7. The summed E-state index contributed by atoms with van der Waals surface area (Å²) in [5.41, 5.74) is 12.5. The van der Waals surface area contributed by atoms with Gasteiger partial charge in [0.2, 0.25) is 5.76 Å². The number of aliphatic hydroxyl groups excluding tert-OH is 2. The van der Waals surface area contributed by atoms with Gasteiger partial charge in [-0.2, -0.15) is 25.3 Å². The third-order valence-corrected chi connectivity index (χ3v) is 16.5. The van der Waals surface area contributed by atoms with Crippen LogP contribution in [0.25, 0.3) is 121 Å². The van der Waals surface area contributed by atoms with Crippen LogP contribution in [0.15, 0.2) is 308 Å². The molecule has 18 heteroatoms. The number of carbonyl (C=O) groups excluding carboxylic acids is 2. The number of thioether (sulfide) groups is 1. The van der Waals surface area contributed by atoms with Crippen LogP contribution in [0.1, 0.15) is 19.4 Å². The smallest absolute Gasteiger partial charge is 0.448 e. The van der Waals surface area contributed by atoms with E-state index in [0.29, 0.717) is 11.1 Å². The largest absolute Gasteiger partial charge is 0.512 e. The molecule has 0 atom stereocenters. The molecule has 0 saturated carbocycles. The molecule has 528 valence electrons. The Hall–Kier alpha value is -9.66. The summed E-state index contributed by atoms with van der Waals surface area (Å²) in [6.07, 6.45) is 3.01. The first kappa shape index (κ1) is 81.6. The van der Waals surface area contributed by atoms with E-state index in [-0.39, 0.29) is 109 Å². The van der Waals surface area contributed by atoms with Gasteiger partial charge in [0.25, 0.3) is 0 Å². The van der Waals surface area contributed by atoms with Gasteiger partial charge < -0.3 is 15.2 Å². The van der Waals surface area contributed by atoms with Crippen molar-refractivity contribution >= 4 is 99.3 Å². The van der Waals surface area contributed by atoms with Crippen molar-refractivity contribution in [1.82, 2.24) is 24.9 Å². The number of para-hydroxylation sites is 4. The number of hydrogen-bond acceptors (Lipinski definition) is 10. The Morgan fingerprint density at radius 2 is 1.00 bits per heavy atom. The number of aromatic nitrogens is 5. The summed E-state index contributed by atoms with van der Waals surface area (Å²) >= 11 is 1.13. The number of ketones is 2. The second-order valence-corrected chi connectivity index (χ2v) is 23.7. The Morgan fingerprint density at radius 3 is 1.59 bits per heavy atom. The van der Waals surface area contributed by atoms with E-state index in [4.69, 9.17) is 25.2 Å². The molecule has 6 heterocycles. The predicted molar refractivity (Wildman–Crippen MR) is 398 cm³/mol. The van der Waals surface area contributed by atoms with Crippen LogP contribution in [0.2, 0.25) is 0 Å². The second-order valence-electron chi connectivity index (χ2n) is 22.7. The molecule has 1 aliphatic rings. The van der Waals surface area contributed by atoms with Crippen molar-refractivity contribution in [2.45, 2.75) is 26.9 Å². The van der Waals surface area contributed by atoms with Crippen molar-refractivity contribution in [1.29, 1.82) is 0 Å². The minimum absolute atomic E-state index is 0. The van der Waals surface area contributed by atoms with Crippen molar-refractivity contribution < 1.29 is 118 Å². The van der Waals surface area contributed by atoms with Crippen LogP contribution in [0.5, 0.6) is 0 Å². The number of rotatable bonds is 7. The van der Waals surface area contributed by atoms with Gasteiger partial charge in [0.1, 0.15) is 5.82 Å². The van der Waals surface area contributed by atoms with Gasteiger partial charge in [0, 0.05) is 104 Å². The molecule has 2 N–H and O–H groups in total. The molecule has 0 amide bonds. The molecule has 9 nitrogen and oxygen atoms in total. The van der Waals surface area contributed by atoms with E-state index in [2.05, 4.69) is 144 Å². The molecule has 16 rings (SSSR count). The van der Waals surface area contributed by atoms with E-state index >= 15 is 0 Å². The first-order valence-electron chi connectivity index (χ1n) is 31.6. The Labute approximate surface area is 657 Å². The number of hydrogen-bond donors (Lipinski definition) is 2. The maximum Gasteiger partial charge on any atom is 0.448 e. The quantitative estimate of drug-likeness (QED) is 0.0686. The number of allylic oxidation sites excluding steroid dienone is 7. The Bertz CT molecular complexity index is 5510. The van der Waals surface area contributed by atoms with Gasteiger partial charge in [-0.25, -0.2) is 4.39 Å². The van der Waals surface area contributed by atoms with E-state index in [1.807, 2.05) is 127 Å². The van der Waals surface area contributed by atoms with Crippen LogP contribution < -0.4 is 0 Å². The molecule has 0 spiro atoms. The fourth-order valence-corrected chi connectivity index (χ4v) is 11.5. The summed E-state index contributed by atoms with van der Waals surface area (Å²) in [6, 6.07) is 97.1. The molecule has 0 saturated heterocycles. The van der Waals surface area contributed by atoms with E-state index in [1.165, 1.54) is 53.6 Å². The second kappa shape index (κ2) is 39.3. The van der Waals surface area contributed by atoms with Gasteiger partial charge in [-0.15, -0.1) is 99.9 Å². The Kier molecular flexibility index (Phi) is 30.8. The van der Waals surface area contributed by atoms with Crippen molar-refractivity contribution in [3.63, 3.8) is 0 Å². The van der Waals surface area contributed by atoms with E-state index in [1.54, 1.807) is 36.5 Å². The van der Waals surface area contributed by atoms with Crippen LogP contribution in [0.4, 0.5) is 17.6 Å². The van der Waals surface area contributed by atoms with Gasteiger partial charge in [-0.3, -0.25) is 29.5 Å². The zero-order valence-electron chi connectivity index (χ0n) is 55.6. The predicted octanol–water partition coefficient (Wildman–Crippen LogP) is 21.9. The van der Waals surface area contributed by atoms with E-state index in [0.717, 1.165) is 111 Å². The average molecular weight is 2110 g/mol. The van der Waals surface area contributed by atoms with Gasteiger partial charge in [-0.1, -0.05) is 210 Å². The van der Waals surface area contributed by atoms with Crippen molar-refractivity contribution in [2.24, 2.45) is 0 Å². The summed E-state index contributed by atoms with van der Waals surface area (Å²) in [4.78, 5) is 44.4. The molecular formula is C86H61F4Ir4N5O4S-4. The SMILES string of the molecule is CC(=O)C=C(C)O.Cc1cc(-c2[c-]ccc3c(F)cccc23)nc2ccccc12.O=C(C=C(O)C(F)(F)F)C1=CC=CCS1.[Ir].[Ir].[Ir].[Ir].[c-]1cc2ccccc2cc1-c1ccc2ccccc2n1.[c-]1ccc2ccccc2c1-c1ccc2ccccc2n1.[c-]1cccnc1-c1ccc2ccccc2n1. The van der Waals surface area contributed by atoms with Crippen molar-refractivity contribution in [3.8, 4) is 45.2 Å². The summed E-state index contributed by atoms with van der Waals surface area (Å²) in [7, 11) is 0. The molecule has 1 aliphatic heterocycles. The first-order chi connectivity index (χ1) is 48.5. The summed E-state index contributed by atoms with van der Waals surface area (Å²) in [6.45, 7) is 4.92. The molecule has 15 aromatic rings. The van der Waals surface area contributed by atoms with Crippen LogP contribution in [0, 0.1) is 37.0 Å². The normalized spacial score (nSPS) is 11.5. The number of carbonyl (C=O) groups is 2. The Morgan fingerprint density at radius 1 is 0.481 bits per heavy atom. The zero-order chi connectivity index (χ0) is 70.0. The average Bonchev–Trinajstić information content (AvgIpc) is 0.782. The summed E-state index contributed by atoms with van der Waals surface area (Å²) in [5.74, 6) is -2.45. The first-order valence-corrected chi connectivity index (χ1v) is 32.6. The third kappa shape index (κ3) is 21.7. The van der Waals surface area contributed by atoms with Crippen molar-refractivity contribution in [3.05, 3.63) is 343 Å². The minimum Gasteiger partial charge on any atom is -0.512 e. The van der Waals surface area contributed by atoms with Gasteiger partial charge in [0.05, 0.1) is 32.7 Å². The number of pyridine rings is 5. The Balaban J connectivity index is 0.000000177. The zero-order valence-corrected chi connectivity index (χ0v) is 66.0.